The van der Waals surface area contributed by atoms with E-state index in [1.165, 1.54) is 0 Å². The molecule has 10 heavy (non-hydrogen) atoms. The summed E-state index contributed by atoms with van der Waals surface area (Å²) < 4.78 is 5.22. The van der Waals surface area contributed by atoms with Gasteiger partial charge in [0, 0.05) is 13.2 Å². The molecule has 0 aliphatic rings. The summed E-state index contributed by atoms with van der Waals surface area (Å²) in [6, 6.07) is 0.213. The number of hydrogen-bond donors (Lipinski definition) is 1. The maximum Gasteiger partial charge on any atom is 0.0721 e. The van der Waals surface area contributed by atoms with Gasteiger partial charge in [-0.2, -0.15) is 0 Å². The summed E-state index contributed by atoms with van der Waals surface area (Å²) in [7, 11) is 1.73. The zero-order valence-corrected chi connectivity index (χ0v) is 7.26. The van der Waals surface area contributed by atoms with Crippen LogP contribution in [0.15, 0.2) is 0 Å². The first-order chi connectivity index (χ1) is 4.76. The topological polar surface area (TPSA) is 35.2 Å². The van der Waals surface area contributed by atoms with Gasteiger partial charge in [-0.15, -0.1) is 0 Å². The van der Waals surface area contributed by atoms with Crippen molar-refractivity contribution < 1.29 is 4.74 Å². The summed E-state index contributed by atoms with van der Waals surface area (Å²) in [4.78, 5) is 0. The van der Waals surface area contributed by atoms with Crippen molar-refractivity contribution in [2.75, 3.05) is 7.11 Å². The first-order valence-electron chi connectivity index (χ1n) is 4.04. The van der Waals surface area contributed by atoms with Crippen LogP contribution < -0.4 is 5.73 Å². The first-order valence-corrected chi connectivity index (χ1v) is 4.04. The Kier molecular flexibility index (Phi) is 5.64. The van der Waals surface area contributed by atoms with Crippen LogP contribution in [0.25, 0.3) is 0 Å². The highest BCUT2D eigenvalue weighted by Gasteiger charge is 2.13. The van der Waals surface area contributed by atoms with E-state index in [0.29, 0.717) is 0 Å². The van der Waals surface area contributed by atoms with E-state index >= 15 is 0 Å². The molecule has 2 N–H and O–H groups in total. The number of hydrogen-bond acceptors (Lipinski definition) is 2. The largest absolute Gasteiger partial charge is 0.380 e. The van der Waals surface area contributed by atoms with E-state index < -0.39 is 0 Å². The molecule has 2 atom stereocenters. The smallest absolute Gasteiger partial charge is 0.0721 e. The summed E-state index contributed by atoms with van der Waals surface area (Å²) in [5.41, 5.74) is 5.79. The van der Waals surface area contributed by atoms with E-state index in [0.717, 1.165) is 19.3 Å². The molecule has 0 aromatic heterocycles. The second-order valence-electron chi connectivity index (χ2n) is 2.63. The average Bonchev–Trinajstić information content (AvgIpc) is 1.99. The molecule has 0 rings (SSSR count). The quantitative estimate of drug-likeness (QED) is 0.637. The number of nitrogens with two attached hydrogens (primary N) is 1. The summed E-state index contributed by atoms with van der Waals surface area (Å²) in [5, 5.41) is 0. The minimum absolute atomic E-state index is 0.213. The van der Waals surface area contributed by atoms with Crippen molar-refractivity contribution in [2.45, 2.75) is 45.3 Å². The Labute approximate surface area is 63.7 Å². The highest BCUT2D eigenvalue weighted by atomic mass is 16.5. The molecule has 0 radical (unpaired) electrons. The Hall–Kier alpha value is -0.0800. The predicted molar refractivity (Wildman–Crippen MR) is 44.0 cm³/mol. The zero-order valence-electron chi connectivity index (χ0n) is 7.26. The van der Waals surface area contributed by atoms with Crippen LogP contribution in [0.4, 0.5) is 0 Å². The Bertz CT molecular complexity index is 75.7. The molecular weight excluding hydrogens is 126 g/mol. The molecule has 0 spiro atoms. The SMILES string of the molecule is CCCC(OC)C(N)CC. The third-order valence-corrected chi connectivity index (χ3v) is 1.82. The van der Waals surface area contributed by atoms with E-state index in [4.69, 9.17) is 10.5 Å². The monoisotopic (exact) mass is 145 g/mol. The Morgan fingerprint density at radius 3 is 2.30 bits per heavy atom. The third-order valence-electron chi connectivity index (χ3n) is 1.82. The lowest BCUT2D eigenvalue weighted by atomic mass is 10.1. The number of methoxy groups -OCH3 is 1. The minimum atomic E-state index is 0.213. The molecule has 2 unspecified atom stereocenters. The fraction of sp³-hybridized carbons (Fsp3) is 1.00. The third kappa shape index (κ3) is 3.18. The number of rotatable bonds is 5. The molecule has 0 heterocycles. The highest BCUT2D eigenvalue weighted by molar-refractivity contribution is 4.70. The van der Waals surface area contributed by atoms with Gasteiger partial charge in [0.1, 0.15) is 0 Å². The molecule has 0 aromatic rings. The fourth-order valence-electron chi connectivity index (χ4n) is 1.05. The van der Waals surface area contributed by atoms with Gasteiger partial charge in [-0.3, -0.25) is 0 Å². The summed E-state index contributed by atoms with van der Waals surface area (Å²) in [5.74, 6) is 0. The maximum absolute atomic E-state index is 5.79. The molecule has 0 amide bonds. The molecular formula is C8H19NO. The Morgan fingerprint density at radius 2 is 2.00 bits per heavy atom. The van der Waals surface area contributed by atoms with Crippen LogP contribution in [0.5, 0.6) is 0 Å². The normalized spacial score (nSPS) is 16.8. The number of ether oxygens (including phenoxy) is 1. The van der Waals surface area contributed by atoms with Crippen LogP contribution in [0.3, 0.4) is 0 Å². The molecule has 2 heteroatoms. The van der Waals surface area contributed by atoms with Gasteiger partial charge < -0.3 is 10.5 Å². The van der Waals surface area contributed by atoms with Crippen molar-refractivity contribution in [1.82, 2.24) is 0 Å². The van der Waals surface area contributed by atoms with Crippen molar-refractivity contribution in [3.05, 3.63) is 0 Å². The Balaban J connectivity index is 3.56. The van der Waals surface area contributed by atoms with Gasteiger partial charge in [-0.05, 0) is 12.8 Å². The van der Waals surface area contributed by atoms with Crippen molar-refractivity contribution in [2.24, 2.45) is 5.73 Å². The van der Waals surface area contributed by atoms with Crippen LogP contribution >= 0.6 is 0 Å². The van der Waals surface area contributed by atoms with Crippen LogP contribution in [0, 0.1) is 0 Å². The van der Waals surface area contributed by atoms with E-state index in [1.54, 1.807) is 7.11 Å². The van der Waals surface area contributed by atoms with Gasteiger partial charge >= 0.3 is 0 Å². The second kappa shape index (κ2) is 5.69. The summed E-state index contributed by atoms with van der Waals surface area (Å²) >= 11 is 0. The molecule has 0 aliphatic heterocycles. The van der Waals surface area contributed by atoms with Crippen molar-refractivity contribution in [3.8, 4) is 0 Å². The standard InChI is InChI=1S/C8H19NO/c1-4-6-8(10-3)7(9)5-2/h7-8H,4-6,9H2,1-3H3. The van der Waals surface area contributed by atoms with E-state index in [1.807, 2.05) is 0 Å². The fourth-order valence-corrected chi connectivity index (χ4v) is 1.05. The molecule has 0 saturated carbocycles. The molecule has 0 aromatic carbocycles. The predicted octanol–water partition coefficient (Wildman–Crippen LogP) is 1.54. The van der Waals surface area contributed by atoms with Crippen molar-refractivity contribution >= 4 is 0 Å². The second-order valence-corrected chi connectivity index (χ2v) is 2.63. The van der Waals surface area contributed by atoms with Gasteiger partial charge in [0.2, 0.25) is 0 Å². The van der Waals surface area contributed by atoms with E-state index in [2.05, 4.69) is 13.8 Å². The van der Waals surface area contributed by atoms with Gasteiger partial charge in [-0.25, -0.2) is 0 Å². The molecule has 62 valence electrons. The van der Waals surface area contributed by atoms with Crippen LogP contribution in [0.1, 0.15) is 33.1 Å². The van der Waals surface area contributed by atoms with Gasteiger partial charge in [0.05, 0.1) is 6.10 Å². The van der Waals surface area contributed by atoms with E-state index in [-0.39, 0.29) is 12.1 Å². The lowest BCUT2D eigenvalue weighted by Crippen LogP contribution is -2.35. The van der Waals surface area contributed by atoms with Crippen LogP contribution in [0.2, 0.25) is 0 Å². The van der Waals surface area contributed by atoms with Crippen LogP contribution in [-0.2, 0) is 4.74 Å². The lowest BCUT2D eigenvalue weighted by Gasteiger charge is -2.20. The lowest BCUT2D eigenvalue weighted by molar-refractivity contribution is 0.0716. The summed E-state index contributed by atoms with van der Waals surface area (Å²) in [6.45, 7) is 4.24. The average molecular weight is 145 g/mol. The first kappa shape index (κ1) is 9.92. The minimum Gasteiger partial charge on any atom is -0.380 e. The maximum atomic E-state index is 5.79. The van der Waals surface area contributed by atoms with Gasteiger partial charge in [-0.1, -0.05) is 20.3 Å². The van der Waals surface area contributed by atoms with E-state index in [9.17, 15) is 0 Å². The molecule has 0 aliphatic carbocycles. The van der Waals surface area contributed by atoms with Crippen LogP contribution in [-0.4, -0.2) is 19.3 Å². The Morgan fingerprint density at radius 1 is 1.40 bits per heavy atom. The molecule has 0 bridgehead atoms. The zero-order chi connectivity index (χ0) is 7.98. The molecule has 0 saturated heterocycles. The summed E-state index contributed by atoms with van der Waals surface area (Å²) in [6.07, 6.45) is 3.48. The van der Waals surface area contributed by atoms with Crippen molar-refractivity contribution in [3.63, 3.8) is 0 Å². The molecule has 2 nitrogen and oxygen atoms in total. The van der Waals surface area contributed by atoms with Gasteiger partial charge in [0.15, 0.2) is 0 Å². The van der Waals surface area contributed by atoms with Crippen molar-refractivity contribution in [1.29, 1.82) is 0 Å². The molecule has 0 fully saturated rings. The highest BCUT2D eigenvalue weighted by Crippen LogP contribution is 2.06. The van der Waals surface area contributed by atoms with Gasteiger partial charge in [0.25, 0.3) is 0 Å².